The largest absolute Gasteiger partial charge is 0.328 e. The molecule has 0 aromatic carbocycles. The van der Waals surface area contributed by atoms with Crippen LogP contribution in [0.15, 0.2) is 12.2 Å². The predicted molar refractivity (Wildman–Crippen MR) is 46.9 cm³/mol. The highest BCUT2D eigenvalue weighted by Crippen LogP contribution is 2.08. The summed E-state index contributed by atoms with van der Waals surface area (Å²) in [6.45, 7) is 4.00. The van der Waals surface area contributed by atoms with Crippen LogP contribution in [-0.2, 0) is 0 Å². The molecular formula is C9H19N. The Morgan fingerprint density at radius 2 is 1.50 bits per heavy atom. The molecule has 0 amide bonds. The van der Waals surface area contributed by atoms with E-state index in [1.807, 2.05) is 13.8 Å². The van der Waals surface area contributed by atoms with E-state index in [1.54, 1.807) is 0 Å². The normalized spacial score (nSPS) is 19.1. The van der Waals surface area contributed by atoms with Gasteiger partial charge in [0.25, 0.3) is 0 Å². The van der Waals surface area contributed by atoms with Crippen molar-refractivity contribution in [3.63, 3.8) is 0 Å². The van der Waals surface area contributed by atoms with E-state index in [4.69, 9.17) is 5.73 Å². The molecule has 0 spiro atoms. The average Bonchev–Trinajstić information content (AvgIpc) is 2.21. The first kappa shape index (κ1) is 9.70. The van der Waals surface area contributed by atoms with Crippen molar-refractivity contribution in [3.05, 3.63) is 12.2 Å². The van der Waals surface area contributed by atoms with Gasteiger partial charge in [0.15, 0.2) is 0 Å². The van der Waals surface area contributed by atoms with E-state index >= 15 is 0 Å². The van der Waals surface area contributed by atoms with Gasteiger partial charge < -0.3 is 5.73 Å². The summed E-state index contributed by atoms with van der Waals surface area (Å²) in [7, 11) is 0. The van der Waals surface area contributed by atoms with Gasteiger partial charge in [-0.3, -0.25) is 0 Å². The molecule has 0 aliphatic heterocycles. The van der Waals surface area contributed by atoms with Crippen LogP contribution in [-0.4, -0.2) is 6.04 Å². The Hall–Kier alpha value is -0.300. The third-order valence-electron chi connectivity index (χ3n) is 1.57. The fourth-order valence-corrected chi connectivity index (χ4v) is 1.00. The van der Waals surface area contributed by atoms with Crippen molar-refractivity contribution < 1.29 is 0 Å². The molecule has 1 aliphatic rings. The molecule has 0 aromatic rings. The van der Waals surface area contributed by atoms with Gasteiger partial charge in [0, 0.05) is 6.04 Å². The minimum absolute atomic E-state index is 0.463. The van der Waals surface area contributed by atoms with Crippen molar-refractivity contribution in [2.75, 3.05) is 0 Å². The highest BCUT2D eigenvalue weighted by Gasteiger charge is 2.01. The van der Waals surface area contributed by atoms with Crippen molar-refractivity contribution in [2.45, 2.75) is 45.6 Å². The van der Waals surface area contributed by atoms with E-state index in [9.17, 15) is 0 Å². The summed E-state index contributed by atoms with van der Waals surface area (Å²) in [5.41, 5.74) is 5.69. The molecule has 0 fully saturated rings. The molecule has 1 nitrogen and oxygen atoms in total. The first-order valence-electron chi connectivity index (χ1n) is 4.30. The lowest BCUT2D eigenvalue weighted by Crippen LogP contribution is -2.17. The maximum absolute atomic E-state index is 5.69. The SMILES string of the molecule is CC.NC1CCC=CCC1. The molecule has 10 heavy (non-hydrogen) atoms. The second-order valence-electron chi connectivity index (χ2n) is 2.39. The topological polar surface area (TPSA) is 26.0 Å². The van der Waals surface area contributed by atoms with Gasteiger partial charge in [0.05, 0.1) is 0 Å². The molecule has 1 aliphatic carbocycles. The Morgan fingerprint density at radius 1 is 1.10 bits per heavy atom. The maximum atomic E-state index is 5.69. The van der Waals surface area contributed by atoms with Crippen molar-refractivity contribution in [1.29, 1.82) is 0 Å². The lowest BCUT2D eigenvalue weighted by Gasteiger charge is -2.03. The summed E-state index contributed by atoms with van der Waals surface area (Å²) in [4.78, 5) is 0. The number of rotatable bonds is 0. The highest BCUT2D eigenvalue weighted by molar-refractivity contribution is 4.87. The summed E-state index contributed by atoms with van der Waals surface area (Å²) < 4.78 is 0. The quantitative estimate of drug-likeness (QED) is 0.515. The standard InChI is InChI=1S/C7H13N.C2H6/c8-7-5-3-1-2-4-6-7;1-2/h1-2,7H,3-6,8H2;1-2H3. The Bertz CT molecular complexity index is 76.7. The van der Waals surface area contributed by atoms with Crippen LogP contribution in [0.4, 0.5) is 0 Å². The number of allylic oxidation sites excluding steroid dienone is 2. The maximum Gasteiger partial charge on any atom is 0.00447 e. The average molecular weight is 141 g/mol. The van der Waals surface area contributed by atoms with E-state index in [0.717, 1.165) is 0 Å². The monoisotopic (exact) mass is 141 g/mol. The summed E-state index contributed by atoms with van der Waals surface area (Å²) in [5, 5.41) is 0. The Balaban J connectivity index is 0.000000371. The molecule has 0 heterocycles. The van der Waals surface area contributed by atoms with Crippen LogP contribution >= 0.6 is 0 Å². The molecule has 0 atom stereocenters. The second-order valence-corrected chi connectivity index (χ2v) is 2.39. The molecule has 60 valence electrons. The van der Waals surface area contributed by atoms with Crippen LogP contribution in [0, 0.1) is 0 Å². The zero-order chi connectivity index (χ0) is 7.82. The van der Waals surface area contributed by atoms with Crippen LogP contribution in [0.25, 0.3) is 0 Å². The molecule has 1 rings (SSSR count). The predicted octanol–water partition coefficient (Wildman–Crippen LogP) is 2.47. The van der Waals surface area contributed by atoms with Gasteiger partial charge in [-0.05, 0) is 25.7 Å². The van der Waals surface area contributed by atoms with Gasteiger partial charge in [-0.2, -0.15) is 0 Å². The van der Waals surface area contributed by atoms with Crippen LogP contribution in [0.5, 0.6) is 0 Å². The van der Waals surface area contributed by atoms with Crippen molar-refractivity contribution in [1.82, 2.24) is 0 Å². The molecule has 0 unspecified atom stereocenters. The fraction of sp³-hybridized carbons (Fsp3) is 0.778. The second kappa shape index (κ2) is 6.81. The molecule has 0 saturated heterocycles. The molecule has 0 saturated carbocycles. The zero-order valence-electron chi connectivity index (χ0n) is 7.14. The number of hydrogen-bond donors (Lipinski definition) is 1. The van der Waals surface area contributed by atoms with Gasteiger partial charge in [0.1, 0.15) is 0 Å². The minimum Gasteiger partial charge on any atom is -0.328 e. The molecular weight excluding hydrogens is 122 g/mol. The number of nitrogens with two attached hydrogens (primary N) is 1. The van der Waals surface area contributed by atoms with Crippen molar-refractivity contribution >= 4 is 0 Å². The molecule has 0 radical (unpaired) electrons. The van der Waals surface area contributed by atoms with Crippen LogP contribution < -0.4 is 5.73 Å². The van der Waals surface area contributed by atoms with Gasteiger partial charge in [-0.15, -0.1) is 0 Å². The fourth-order valence-electron chi connectivity index (χ4n) is 1.00. The molecule has 2 N–H and O–H groups in total. The summed E-state index contributed by atoms with van der Waals surface area (Å²) >= 11 is 0. The van der Waals surface area contributed by atoms with Gasteiger partial charge in [0.2, 0.25) is 0 Å². The zero-order valence-corrected chi connectivity index (χ0v) is 7.14. The highest BCUT2D eigenvalue weighted by atomic mass is 14.6. The van der Waals surface area contributed by atoms with E-state index in [0.29, 0.717) is 6.04 Å². The smallest absolute Gasteiger partial charge is 0.00447 e. The Morgan fingerprint density at radius 3 is 1.90 bits per heavy atom. The lowest BCUT2D eigenvalue weighted by molar-refractivity contribution is 0.593. The number of hydrogen-bond acceptors (Lipinski definition) is 1. The van der Waals surface area contributed by atoms with Crippen molar-refractivity contribution in [2.24, 2.45) is 5.73 Å². The summed E-state index contributed by atoms with van der Waals surface area (Å²) in [6.07, 6.45) is 9.18. The van der Waals surface area contributed by atoms with Crippen molar-refractivity contribution in [3.8, 4) is 0 Å². The van der Waals surface area contributed by atoms with Gasteiger partial charge in [-0.1, -0.05) is 26.0 Å². The third kappa shape index (κ3) is 4.57. The molecule has 0 aromatic heterocycles. The van der Waals surface area contributed by atoms with E-state index < -0.39 is 0 Å². The van der Waals surface area contributed by atoms with Crippen LogP contribution in [0.2, 0.25) is 0 Å². The Kier molecular flexibility index (Phi) is 6.61. The third-order valence-corrected chi connectivity index (χ3v) is 1.57. The lowest BCUT2D eigenvalue weighted by atomic mass is 10.1. The first-order chi connectivity index (χ1) is 4.89. The first-order valence-corrected chi connectivity index (χ1v) is 4.30. The van der Waals surface area contributed by atoms with Gasteiger partial charge in [-0.25, -0.2) is 0 Å². The molecule has 1 heteroatoms. The van der Waals surface area contributed by atoms with Gasteiger partial charge >= 0.3 is 0 Å². The van der Waals surface area contributed by atoms with E-state index in [-0.39, 0.29) is 0 Å². The summed E-state index contributed by atoms with van der Waals surface area (Å²) in [6, 6.07) is 0.463. The van der Waals surface area contributed by atoms with Crippen LogP contribution in [0.3, 0.4) is 0 Å². The minimum atomic E-state index is 0.463. The van der Waals surface area contributed by atoms with E-state index in [1.165, 1.54) is 25.7 Å². The molecule has 0 bridgehead atoms. The van der Waals surface area contributed by atoms with Crippen LogP contribution in [0.1, 0.15) is 39.5 Å². The Labute approximate surface area is 64.3 Å². The van der Waals surface area contributed by atoms with E-state index in [2.05, 4.69) is 12.2 Å². The summed E-state index contributed by atoms with van der Waals surface area (Å²) in [5.74, 6) is 0.